The first kappa shape index (κ1) is 25.9. The zero-order chi connectivity index (χ0) is 26.1. The third-order valence-corrected chi connectivity index (χ3v) is 5.14. The van der Waals surface area contributed by atoms with Gasteiger partial charge in [0.15, 0.2) is 18.1 Å². The molecule has 3 aromatic rings. The number of nitro groups is 1. The van der Waals surface area contributed by atoms with E-state index >= 15 is 0 Å². The predicted octanol–water partition coefficient (Wildman–Crippen LogP) is 4.39. The molecule has 0 aliphatic carbocycles. The van der Waals surface area contributed by atoms with Crippen LogP contribution >= 0.6 is 0 Å². The number of amides is 2. The number of aryl methyl sites for hydroxylation is 2. The van der Waals surface area contributed by atoms with Crippen molar-refractivity contribution in [2.75, 3.05) is 18.5 Å². The van der Waals surface area contributed by atoms with Crippen LogP contribution in [0.4, 0.5) is 11.4 Å². The number of carbonyl (C=O) groups excluding carboxylic acids is 2. The fourth-order valence-electron chi connectivity index (χ4n) is 3.12. The number of rotatable bonds is 10. The smallest absolute Gasteiger partial charge is 0.271 e. The number of carbonyl (C=O) groups is 2. The van der Waals surface area contributed by atoms with Crippen molar-refractivity contribution < 1.29 is 24.0 Å². The lowest BCUT2D eigenvalue weighted by atomic mass is 10.1. The number of anilines is 1. The summed E-state index contributed by atoms with van der Waals surface area (Å²) in [5.74, 6) is -0.0116. The van der Waals surface area contributed by atoms with Crippen LogP contribution in [0, 0.1) is 24.0 Å². The highest BCUT2D eigenvalue weighted by molar-refractivity contribution is 5.95. The van der Waals surface area contributed by atoms with Crippen molar-refractivity contribution in [3.63, 3.8) is 0 Å². The van der Waals surface area contributed by atoms with Crippen LogP contribution in [-0.2, 0) is 4.79 Å². The van der Waals surface area contributed by atoms with E-state index in [-0.39, 0.29) is 23.8 Å². The quantitative estimate of drug-likeness (QED) is 0.246. The molecule has 0 saturated heterocycles. The molecule has 10 heteroatoms. The Balaban J connectivity index is 1.59. The van der Waals surface area contributed by atoms with Crippen molar-refractivity contribution in [3.8, 4) is 11.5 Å². The first-order valence-corrected chi connectivity index (χ1v) is 11.1. The minimum absolute atomic E-state index is 0.108. The predicted molar refractivity (Wildman–Crippen MR) is 136 cm³/mol. The highest BCUT2D eigenvalue weighted by atomic mass is 16.6. The summed E-state index contributed by atoms with van der Waals surface area (Å²) in [4.78, 5) is 34.7. The number of ether oxygens (including phenoxy) is 2. The van der Waals surface area contributed by atoms with Gasteiger partial charge in [-0.05, 0) is 79.9 Å². The number of hydrogen-bond acceptors (Lipinski definition) is 7. The van der Waals surface area contributed by atoms with E-state index in [9.17, 15) is 19.7 Å². The van der Waals surface area contributed by atoms with Gasteiger partial charge in [-0.1, -0.05) is 6.07 Å². The molecule has 2 N–H and O–H groups in total. The van der Waals surface area contributed by atoms with E-state index in [2.05, 4.69) is 15.8 Å². The summed E-state index contributed by atoms with van der Waals surface area (Å²) < 4.78 is 11.3. The second-order valence-corrected chi connectivity index (χ2v) is 7.78. The summed E-state index contributed by atoms with van der Waals surface area (Å²) >= 11 is 0. The lowest BCUT2D eigenvalue weighted by Crippen LogP contribution is -2.20. The minimum Gasteiger partial charge on any atom is -0.490 e. The Morgan fingerprint density at radius 3 is 2.39 bits per heavy atom. The first-order chi connectivity index (χ1) is 17.3. The van der Waals surface area contributed by atoms with Gasteiger partial charge in [0, 0.05) is 23.4 Å². The van der Waals surface area contributed by atoms with Crippen LogP contribution in [-0.4, -0.2) is 36.2 Å². The molecule has 0 aliphatic rings. The molecular formula is C26H26N4O6. The average molecular weight is 491 g/mol. The van der Waals surface area contributed by atoms with Crippen molar-refractivity contribution in [2.45, 2.75) is 20.8 Å². The Kier molecular flexibility index (Phi) is 8.71. The summed E-state index contributed by atoms with van der Waals surface area (Å²) in [5.41, 5.74) is 6.02. The SMILES string of the molecule is CCOc1cc(/C=N/NC(=O)c2ccc([N+](=O)[O-])cc2)ccc1OCC(=O)Nc1ccc(C)c(C)c1. The molecule has 3 aromatic carbocycles. The highest BCUT2D eigenvalue weighted by Crippen LogP contribution is 2.28. The van der Waals surface area contributed by atoms with Gasteiger partial charge in [0.1, 0.15) is 0 Å². The van der Waals surface area contributed by atoms with Gasteiger partial charge in [-0.15, -0.1) is 0 Å². The van der Waals surface area contributed by atoms with Gasteiger partial charge in [-0.3, -0.25) is 19.7 Å². The zero-order valence-electron chi connectivity index (χ0n) is 20.1. The second kappa shape index (κ2) is 12.1. The van der Waals surface area contributed by atoms with Crippen LogP contribution in [0.3, 0.4) is 0 Å². The van der Waals surface area contributed by atoms with Crippen LogP contribution in [0.1, 0.15) is 34.0 Å². The van der Waals surface area contributed by atoms with Crippen LogP contribution in [0.5, 0.6) is 11.5 Å². The fraction of sp³-hybridized carbons (Fsp3) is 0.192. The molecule has 0 atom stereocenters. The van der Waals surface area contributed by atoms with E-state index in [4.69, 9.17) is 9.47 Å². The first-order valence-electron chi connectivity index (χ1n) is 11.1. The molecule has 0 aromatic heterocycles. The molecule has 0 unspecified atom stereocenters. The van der Waals surface area contributed by atoms with Crippen molar-refractivity contribution in [2.24, 2.45) is 5.10 Å². The Morgan fingerprint density at radius 1 is 0.972 bits per heavy atom. The molecule has 3 rings (SSSR count). The zero-order valence-corrected chi connectivity index (χ0v) is 20.1. The molecule has 2 amide bonds. The van der Waals surface area contributed by atoms with E-state index in [0.29, 0.717) is 29.4 Å². The summed E-state index contributed by atoms with van der Waals surface area (Å²) in [5, 5.41) is 17.4. The molecule has 0 saturated carbocycles. The molecule has 0 radical (unpaired) electrons. The van der Waals surface area contributed by atoms with Crippen molar-refractivity contribution in [1.82, 2.24) is 5.43 Å². The van der Waals surface area contributed by atoms with Crippen molar-refractivity contribution >= 4 is 29.4 Å². The monoisotopic (exact) mass is 490 g/mol. The number of non-ortho nitro benzene ring substituents is 1. The number of hydrazone groups is 1. The van der Waals surface area contributed by atoms with E-state index in [1.54, 1.807) is 18.2 Å². The van der Waals surface area contributed by atoms with Gasteiger partial charge < -0.3 is 14.8 Å². The number of hydrogen-bond donors (Lipinski definition) is 2. The molecule has 0 heterocycles. The normalized spacial score (nSPS) is 10.6. The summed E-state index contributed by atoms with van der Waals surface area (Å²) in [6, 6.07) is 15.9. The molecular weight excluding hydrogens is 464 g/mol. The Morgan fingerprint density at radius 2 is 1.72 bits per heavy atom. The number of nitrogens with one attached hydrogen (secondary N) is 2. The van der Waals surface area contributed by atoms with Crippen LogP contribution in [0.15, 0.2) is 65.8 Å². The Hall–Kier alpha value is -4.73. The molecule has 186 valence electrons. The average Bonchev–Trinajstić information content (AvgIpc) is 2.86. The van der Waals surface area contributed by atoms with Gasteiger partial charge >= 0.3 is 0 Å². The van der Waals surface area contributed by atoms with Gasteiger partial charge in [0.05, 0.1) is 17.7 Å². The molecule has 10 nitrogen and oxygen atoms in total. The van der Waals surface area contributed by atoms with Gasteiger partial charge in [0.25, 0.3) is 17.5 Å². The molecule has 0 bridgehead atoms. The van der Waals surface area contributed by atoms with Crippen molar-refractivity contribution in [3.05, 3.63) is 93.0 Å². The Labute approximate surface area is 208 Å². The van der Waals surface area contributed by atoms with E-state index in [0.717, 1.165) is 11.1 Å². The van der Waals surface area contributed by atoms with Gasteiger partial charge in [-0.2, -0.15) is 5.10 Å². The highest BCUT2D eigenvalue weighted by Gasteiger charge is 2.11. The lowest BCUT2D eigenvalue weighted by molar-refractivity contribution is -0.384. The minimum atomic E-state index is -0.541. The van der Waals surface area contributed by atoms with E-state index < -0.39 is 10.8 Å². The van der Waals surface area contributed by atoms with Crippen molar-refractivity contribution in [1.29, 1.82) is 0 Å². The van der Waals surface area contributed by atoms with E-state index in [1.807, 2.05) is 39.0 Å². The second-order valence-electron chi connectivity index (χ2n) is 7.78. The summed E-state index contributed by atoms with van der Waals surface area (Å²) in [6.45, 7) is 5.97. The number of benzene rings is 3. The van der Waals surface area contributed by atoms with Crippen LogP contribution < -0.4 is 20.2 Å². The topological polar surface area (TPSA) is 132 Å². The summed E-state index contributed by atoms with van der Waals surface area (Å²) in [6.07, 6.45) is 1.42. The fourth-order valence-corrected chi connectivity index (χ4v) is 3.12. The number of nitro benzene ring substituents is 1. The van der Waals surface area contributed by atoms with Gasteiger partial charge in [0.2, 0.25) is 0 Å². The van der Waals surface area contributed by atoms with Gasteiger partial charge in [-0.25, -0.2) is 5.43 Å². The lowest BCUT2D eigenvalue weighted by Gasteiger charge is -2.13. The summed E-state index contributed by atoms with van der Waals surface area (Å²) in [7, 11) is 0. The maximum Gasteiger partial charge on any atom is 0.271 e. The third-order valence-electron chi connectivity index (χ3n) is 5.14. The van der Waals surface area contributed by atoms with Crippen LogP contribution in [0.2, 0.25) is 0 Å². The maximum absolute atomic E-state index is 12.3. The largest absolute Gasteiger partial charge is 0.490 e. The maximum atomic E-state index is 12.3. The van der Waals surface area contributed by atoms with Crippen LogP contribution in [0.25, 0.3) is 0 Å². The molecule has 0 aliphatic heterocycles. The Bertz CT molecular complexity index is 1290. The third kappa shape index (κ3) is 7.13. The number of nitrogens with zero attached hydrogens (tertiary/aromatic N) is 2. The van der Waals surface area contributed by atoms with E-state index in [1.165, 1.54) is 30.5 Å². The molecule has 36 heavy (non-hydrogen) atoms. The molecule has 0 fully saturated rings. The standard InChI is InChI=1S/C26H26N4O6/c1-4-35-24-14-19(15-27-29-26(32)20-7-10-22(11-8-20)30(33)34)6-12-23(24)36-16-25(31)28-21-9-5-17(2)18(3)13-21/h5-15H,4,16H2,1-3H3,(H,28,31)(H,29,32)/b27-15+. The molecule has 0 spiro atoms.